The van der Waals surface area contributed by atoms with E-state index in [1.807, 2.05) is 6.07 Å². The minimum Gasteiger partial charge on any atom is -0.618 e. The van der Waals surface area contributed by atoms with E-state index < -0.39 is 5.92 Å². The summed E-state index contributed by atoms with van der Waals surface area (Å²) in [5.41, 5.74) is 5.47. The topological polar surface area (TPSA) is 82.9 Å². The number of aliphatic imine (C=N–C) groups is 1. The molecule has 0 N–H and O–H groups in total. The van der Waals surface area contributed by atoms with Crippen LogP contribution >= 0.6 is 11.6 Å². The van der Waals surface area contributed by atoms with E-state index in [2.05, 4.69) is 15.5 Å². The van der Waals surface area contributed by atoms with Gasteiger partial charge in [0.2, 0.25) is 5.69 Å². The third kappa shape index (κ3) is 4.64. The molecule has 7 nitrogen and oxygen atoms in total. The molecule has 0 bridgehead atoms. The van der Waals surface area contributed by atoms with Crippen LogP contribution in [0, 0.1) is 16.8 Å². The number of tetrazole rings is 1. The Balaban J connectivity index is 1.41. The van der Waals surface area contributed by atoms with Gasteiger partial charge in [-0.15, -0.1) is 5.10 Å². The highest BCUT2D eigenvalue weighted by Crippen LogP contribution is 2.35. The summed E-state index contributed by atoms with van der Waals surface area (Å²) in [5, 5.41) is 25.4. The average molecular weight is 529 g/mol. The van der Waals surface area contributed by atoms with Gasteiger partial charge in [-0.05, 0) is 76.5 Å². The van der Waals surface area contributed by atoms with Gasteiger partial charge in [0.05, 0.1) is 17.3 Å². The Morgan fingerprint density at radius 1 is 0.974 bits per heavy atom. The van der Waals surface area contributed by atoms with Crippen molar-refractivity contribution in [1.29, 1.82) is 0 Å². The first kappa shape index (κ1) is 23.9. The first-order valence-corrected chi connectivity index (χ1v) is 12.2. The predicted octanol–water partition coefficient (Wildman–Crippen LogP) is 5.55. The Bertz CT molecular complexity index is 1670. The normalized spacial score (nSPS) is 13.3. The van der Waals surface area contributed by atoms with Crippen molar-refractivity contribution in [1.82, 2.24) is 20.2 Å². The molecule has 0 spiro atoms. The second-order valence-corrected chi connectivity index (χ2v) is 9.46. The number of benzene rings is 3. The van der Waals surface area contributed by atoms with Gasteiger partial charge in [0.1, 0.15) is 18.0 Å². The third-order valence-corrected chi connectivity index (χ3v) is 6.84. The van der Waals surface area contributed by atoms with Crippen molar-refractivity contribution in [3.05, 3.63) is 124 Å². The van der Waals surface area contributed by atoms with E-state index in [-0.39, 0.29) is 11.6 Å². The summed E-state index contributed by atoms with van der Waals surface area (Å²) >= 11 is 6.28. The van der Waals surface area contributed by atoms with Gasteiger partial charge in [-0.2, -0.15) is 9.41 Å². The van der Waals surface area contributed by atoms with Gasteiger partial charge < -0.3 is 5.21 Å². The quantitative estimate of drug-likeness (QED) is 0.214. The van der Waals surface area contributed by atoms with E-state index in [0.717, 1.165) is 21.6 Å². The van der Waals surface area contributed by atoms with E-state index >= 15 is 0 Å². The summed E-state index contributed by atoms with van der Waals surface area (Å²) in [6, 6.07) is 19.5. The van der Waals surface area contributed by atoms with E-state index in [4.69, 9.17) is 16.6 Å². The minimum atomic E-state index is -0.416. The SMILES string of the molecule is [O-][n+]1cc(-c2cc(Cl)ccc2-n2cnnn2)ccc1[C@H](Cc1ccc(F)cc1)C1=Nc2cc(F)ccc2C1. The molecular weight excluding hydrogens is 510 g/mol. The zero-order valence-electron chi connectivity index (χ0n) is 19.8. The number of aromatic nitrogens is 5. The van der Waals surface area contributed by atoms with Crippen LogP contribution in [0.3, 0.4) is 0 Å². The first-order valence-electron chi connectivity index (χ1n) is 11.8. The highest BCUT2D eigenvalue weighted by molar-refractivity contribution is 6.31. The maximum atomic E-state index is 13.8. The van der Waals surface area contributed by atoms with Crippen molar-refractivity contribution < 1.29 is 13.5 Å². The zero-order valence-corrected chi connectivity index (χ0v) is 20.6. The lowest BCUT2D eigenvalue weighted by Gasteiger charge is -2.18. The molecule has 188 valence electrons. The standard InChI is InChI=1S/C28H19ClF2N6O/c29-20-5-10-27(36-16-32-34-35-36)23(13-20)19-4-9-28(37(38)15-19)24(11-17-1-6-21(30)7-2-17)26-12-18-3-8-22(31)14-25(18)33-26/h1-10,13-16,24H,11-12H2/t24-/m1/s1. The molecular formula is C28H19ClF2N6O. The molecule has 1 atom stereocenters. The third-order valence-electron chi connectivity index (χ3n) is 6.61. The molecule has 38 heavy (non-hydrogen) atoms. The number of nitrogens with zero attached hydrogens (tertiary/aromatic N) is 6. The smallest absolute Gasteiger partial charge is 0.201 e. The van der Waals surface area contributed by atoms with Gasteiger partial charge >= 0.3 is 0 Å². The van der Waals surface area contributed by atoms with Crippen molar-refractivity contribution in [2.75, 3.05) is 0 Å². The minimum absolute atomic E-state index is 0.338. The Morgan fingerprint density at radius 2 is 1.79 bits per heavy atom. The maximum absolute atomic E-state index is 13.8. The molecule has 3 aromatic carbocycles. The molecule has 5 aromatic rings. The van der Waals surface area contributed by atoms with Gasteiger partial charge in [0, 0.05) is 34.3 Å². The van der Waals surface area contributed by atoms with Gasteiger partial charge in [-0.25, -0.2) is 8.78 Å². The molecule has 0 aliphatic carbocycles. The maximum Gasteiger partial charge on any atom is 0.201 e. The van der Waals surface area contributed by atoms with Crippen LogP contribution in [0.25, 0.3) is 16.8 Å². The lowest BCUT2D eigenvalue weighted by Crippen LogP contribution is -2.36. The highest BCUT2D eigenvalue weighted by Gasteiger charge is 2.30. The molecule has 0 saturated carbocycles. The second kappa shape index (κ2) is 9.75. The number of hydrogen-bond acceptors (Lipinski definition) is 5. The summed E-state index contributed by atoms with van der Waals surface area (Å²) in [6.45, 7) is 0. The largest absolute Gasteiger partial charge is 0.618 e. The average Bonchev–Trinajstić information content (AvgIpc) is 3.59. The summed E-state index contributed by atoms with van der Waals surface area (Å²) in [4.78, 5) is 4.69. The number of fused-ring (bicyclic) bond motifs is 1. The van der Waals surface area contributed by atoms with Crippen LogP contribution in [0.5, 0.6) is 0 Å². The molecule has 0 fully saturated rings. The molecule has 10 heteroatoms. The monoisotopic (exact) mass is 528 g/mol. The summed E-state index contributed by atoms with van der Waals surface area (Å²) in [7, 11) is 0. The van der Waals surface area contributed by atoms with Gasteiger partial charge in [-0.1, -0.05) is 29.8 Å². The number of pyridine rings is 1. The Morgan fingerprint density at radius 3 is 2.55 bits per heavy atom. The Hall–Kier alpha value is -4.50. The summed E-state index contributed by atoms with van der Waals surface area (Å²) in [5.74, 6) is -1.12. The molecule has 2 aromatic heterocycles. The van der Waals surface area contributed by atoms with Crippen LogP contribution in [0.15, 0.2) is 90.3 Å². The predicted molar refractivity (Wildman–Crippen MR) is 139 cm³/mol. The lowest BCUT2D eigenvalue weighted by atomic mass is 9.88. The van der Waals surface area contributed by atoms with E-state index in [1.54, 1.807) is 42.5 Å². The van der Waals surface area contributed by atoms with Crippen LogP contribution in [0.1, 0.15) is 22.7 Å². The molecule has 0 saturated heterocycles. The summed E-state index contributed by atoms with van der Waals surface area (Å²) in [6.07, 6.45) is 3.85. The number of rotatable bonds is 6. The Labute approximate surface area is 221 Å². The number of hydrogen-bond donors (Lipinski definition) is 0. The number of halogens is 3. The van der Waals surface area contributed by atoms with Gasteiger partial charge in [-0.3, -0.25) is 4.99 Å². The lowest BCUT2D eigenvalue weighted by molar-refractivity contribution is -0.614. The molecule has 1 aliphatic heterocycles. The van der Waals surface area contributed by atoms with Crippen LogP contribution in [-0.2, 0) is 12.8 Å². The van der Waals surface area contributed by atoms with Crippen molar-refractivity contribution in [2.24, 2.45) is 4.99 Å². The van der Waals surface area contributed by atoms with Crippen LogP contribution in [0.2, 0.25) is 5.02 Å². The fourth-order valence-corrected chi connectivity index (χ4v) is 4.93. The molecule has 3 heterocycles. The van der Waals surface area contributed by atoms with Crippen molar-refractivity contribution >= 4 is 23.0 Å². The first-order chi connectivity index (χ1) is 18.4. The van der Waals surface area contributed by atoms with Crippen molar-refractivity contribution in [3.63, 3.8) is 0 Å². The van der Waals surface area contributed by atoms with Crippen molar-refractivity contribution in [3.8, 4) is 16.8 Å². The summed E-state index contributed by atoms with van der Waals surface area (Å²) < 4.78 is 29.7. The molecule has 1 aliphatic rings. The van der Waals surface area contributed by atoms with Crippen LogP contribution < -0.4 is 4.73 Å². The van der Waals surface area contributed by atoms with E-state index in [9.17, 15) is 14.0 Å². The molecule has 0 unspecified atom stereocenters. The van der Waals surface area contributed by atoms with E-state index in [1.165, 1.54) is 41.5 Å². The second-order valence-electron chi connectivity index (χ2n) is 9.02. The van der Waals surface area contributed by atoms with Gasteiger partial charge in [0.15, 0.2) is 6.20 Å². The molecule has 6 rings (SSSR count). The molecule has 0 radical (unpaired) electrons. The Kier molecular flexibility index (Phi) is 6.13. The zero-order chi connectivity index (χ0) is 26.2. The van der Waals surface area contributed by atoms with Crippen molar-refractivity contribution in [2.45, 2.75) is 18.8 Å². The van der Waals surface area contributed by atoms with Gasteiger partial charge in [0.25, 0.3) is 0 Å². The van der Waals surface area contributed by atoms with Crippen LogP contribution in [-0.4, -0.2) is 25.9 Å². The van der Waals surface area contributed by atoms with E-state index in [0.29, 0.717) is 46.1 Å². The molecule has 0 amide bonds. The van der Waals surface area contributed by atoms with Crippen LogP contribution in [0.4, 0.5) is 14.5 Å². The fraction of sp³-hybridized carbons (Fsp3) is 0.107. The highest BCUT2D eigenvalue weighted by atomic mass is 35.5. The fourth-order valence-electron chi connectivity index (χ4n) is 4.76.